The summed E-state index contributed by atoms with van der Waals surface area (Å²) >= 11 is 0. The number of para-hydroxylation sites is 3. The van der Waals surface area contributed by atoms with Crippen LogP contribution in [0, 0.1) is 12.1 Å². The van der Waals surface area contributed by atoms with Gasteiger partial charge in [-0.3, -0.25) is 0 Å². The van der Waals surface area contributed by atoms with Gasteiger partial charge in [-0.05, 0) is 41.8 Å². The first-order chi connectivity index (χ1) is 25.4. The summed E-state index contributed by atoms with van der Waals surface area (Å²) in [6, 6.07) is 57.8. The molecule has 0 atom stereocenters. The van der Waals surface area contributed by atoms with Gasteiger partial charge in [0.25, 0.3) is 0 Å². The zero-order chi connectivity index (χ0) is 37.8. The van der Waals surface area contributed by atoms with Crippen molar-refractivity contribution in [3.63, 3.8) is 0 Å². The maximum atomic E-state index is 3.99. The summed E-state index contributed by atoms with van der Waals surface area (Å²) in [5.74, 6) is 0. The Kier molecular flexibility index (Phi) is 21.8. The van der Waals surface area contributed by atoms with Crippen LogP contribution < -0.4 is 4.90 Å². The molecule has 0 amide bonds. The number of benzene rings is 6. The summed E-state index contributed by atoms with van der Waals surface area (Å²) in [7, 11) is 0. The molecule has 1 aliphatic carbocycles. The minimum Gasteiger partial charge on any atom is -0.310 e. The molecular formula is C50H61NY-2. The van der Waals surface area contributed by atoms with Crippen LogP contribution in [0.15, 0.2) is 140 Å². The third kappa shape index (κ3) is 9.05. The van der Waals surface area contributed by atoms with Gasteiger partial charge in [0.05, 0.1) is 11.4 Å². The van der Waals surface area contributed by atoms with Crippen molar-refractivity contribution in [3.8, 4) is 11.1 Å². The molecule has 271 valence electrons. The summed E-state index contributed by atoms with van der Waals surface area (Å²) in [6.07, 6.45) is 0.960. The fourth-order valence-corrected chi connectivity index (χ4v) is 6.71. The van der Waals surface area contributed by atoms with Crippen LogP contribution >= 0.6 is 0 Å². The summed E-state index contributed by atoms with van der Waals surface area (Å²) in [5, 5.41) is 0. The topological polar surface area (TPSA) is 3.24 Å². The first-order valence-electron chi connectivity index (χ1n) is 19.5. The van der Waals surface area contributed by atoms with Gasteiger partial charge in [-0.25, -0.2) is 0 Å². The summed E-state index contributed by atoms with van der Waals surface area (Å²) in [6.45, 7) is 24.0. The van der Waals surface area contributed by atoms with Crippen molar-refractivity contribution in [3.05, 3.63) is 185 Å². The minimum absolute atomic E-state index is 0. The van der Waals surface area contributed by atoms with Crippen LogP contribution in [0.25, 0.3) is 11.1 Å². The third-order valence-corrected chi connectivity index (χ3v) is 8.33. The Balaban J connectivity index is 0.000000951. The molecular weight excluding hydrogens is 703 g/mol. The van der Waals surface area contributed by atoms with Gasteiger partial charge >= 0.3 is 0 Å². The molecule has 0 fully saturated rings. The molecule has 0 bridgehead atoms. The molecule has 0 unspecified atom stereocenters. The average molecular weight is 765 g/mol. The fraction of sp³-hybridized carbons (Fsp3) is 0.280. The van der Waals surface area contributed by atoms with E-state index in [9.17, 15) is 0 Å². The van der Waals surface area contributed by atoms with Gasteiger partial charge in [0.2, 0.25) is 0 Å². The third-order valence-electron chi connectivity index (χ3n) is 8.33. The van der Waals surface area contributed by atoms with Crippen molar-refractivity contribution in [2.45, 2.75) is 94.9 Å². The smallest absolute Gasteiger partial charge is 0.0508 e. The number of anilines is 3. The number of hydrogen-bond donors (Lipinski definition) is 0. The van der Waals surface area contributed by atoms with Gasteiger partial charge in [0.1, 0.15) is 0 Å². The van der Waals surface area contributed by atoms with Crippen LogP contribution in [-0.2, 0) is 44.5 Å². The molecule has 0 saturated carbocycles. The van der Waals surface area contributed by atoms with E-state index in [1.165, 1.54) is 44.8 Å². The zero-order valence-electron chi connectivity index (χ0n) is 34.0. The molecule has 0 N–H and O–H groups in total. The SMILES string of the molecule is CC.CC.CC.CC.CC.CC.[Y].[c-]1ccccc1C1(c2[c-]c3c(cc2)Cc2ccccc2-3)c2ccccc2N(c2ccccc2)c2ccccc21. The molecule has 0 saturated heterocycles. The number of hydrogen-bond acceptors (Lipinski definition) is 1. The van der Waals surface area contributed by atoms with E-state index in [0.717, 1.165) is 23.2 Å². The Bertz CT molecular complexity index is 1790. The van der Waals surface area contributed by atoms with Crippen molar-refractivity contribution in [2.24, 2.45) is 0 Å². The van der Waals surface area contributed by atoms with Crippen molar-refractivity contribution in [1.82, 2.24) is 0 Å². The Hall–Kier alpha value is -3.78. The molecule has 1 heterocycles. The standard InChI is InChI=1S/C38H25N.6C2H6.Y/c1-3-14-29(15-4-1)38(30-24-23-28-25-27-13-7-8-18-32(27)33(28)26-30)34-19-9-11-21-36(34)39(31-16-5-2-6-17-31)37-22-12-10-20-35(37)38;6*1-2;/h1-14,16-24H,25H2;6*1-2H3;/q-2;;;;;;;. The van der Waals surface area contributed by atoms with Gasteiger partial charge in [-0.15, -0.1) is 40.5 Å². The number of nitrogens with zero attached hydrogens (tertiary/aromatic N) is 1. The maximum absolute atomic E-state index is 3.99. The molecule has 2 aliphatic rings. The maximum Gasteiger partial charge on any atom is 0.0508 e. The van der Waals surface area contributed by atoms with E-state index in [1.54, 1.807) is 0 Å². The summed E-state index contributed by atoms with van der Waals surface area (Å²) < 4.78 is 0. The normalized spacial score (nSPS) is 11.3. The Morgan fingerprint density at radius 1 is 0.462 bits per heavy atom. The van der Waals surface area contributed by atoms with Gasteiger partial charge < -0.3 is 4.90 Å². The summed E-state index contributed by atoms with van der Waals surface area (Å²) in [5.41, 5.74) is 12.9. The minimum atomic E-state index is -0.577. The van der Waals surface area contributed by atoms with Crippen LogP contribution in [0.2, 0.25) is 0 Å². The van der Waals surface area contributed by atoms with Crippen LogP contribution in [0.3, 0.4) is 0 Å². The predicted octanol–water partition coefficient (Wildman–Crippen LogP) is 15.2. The second-order valence-electron chi connectivity index (χ2n) is 10.3. The quantitative estimate of drug-likeness (QED) is 0.162. The van der Waals surface area contributed by atoms with E-state index in [1.807, 2.05) is 89.2 Å². The van der Waals surface area contributed by atoms with E-state index >= 15 is 0 Å². The molecule has 8 rings (SSSR count). The van der Waals surface area contributed by atoms with Crippen molar-refractivity contribution in [2.75, 3.05) is 4.90 Å². The number of rotatable bonds is 3. The molecule has 2 heteroatoms. The molecule has 52 heavy (non-hydrogen) atoms. The fourth-order valence-electron chi connectivity index (χ4n) is 6.71. The number of fused-ring (bicyclic) bond motifs is 5. The van der Waals surface area contributed by atoms with E-state index in [2.05, 4.69) is 150 Å². The molecule has 1 aliphatic heterocycles. The monoisotopic (exact) mass is 764 g/mol. The molecule has 0 spiro atoms. The van der Waals surface area contributed by atoms with Gasteiger partial charge in [0, 0.05) is 43.8 Å². The van der Waals surface area contributed by atoms with Crippen molar-refractivity contribution in [1.29, 1.82) is 0 Å². The van der Waals surface area contributed by atoms with E-state index in [0.29, 0.717) is 0 Å². The van der Waals surface area contributed by atoms with E-state index in [-0.39, 0.29) is 32.7 Å². The molecule has 1 nitrogen and oxygen atoms in total. The van der Waals surface area contributed by atoms with Crippen LogP contribution in [0.5, 0.6) is 0 Å². The van der Waals surface area contributed by atoms with Crippen LogP contribution in [0.4, 0.5) is 17.1 Å². The predicted molar refractivity (Wildman–Crippen MR) is 227 cm³/mol. The molecule has 6 aromatic carbocycles. The average Bonchev–Trinajstić information content (AvgIpc) is 3.63. The molecule has 1 radical (unpaired) electrons. The second kappa shape index (κ2) is 24.5. The molecule has 6 aromatic rings. The van der Waals surface area contributed by atoms with Crippen molar-refractivity contribution >= 4 is 17.1 Å². The Labute approximate surface area is 343 Å². The first-order valence-corrected chi connectivity index (χ1v) is 19.5. The summed E-state index contributed by atoms with van der Waals surface area (Å²) in [4.78, 5) is 2.40. The first kappa shape index (κ1) is 46.2. The van der Waals surface area contributed by atoms with Gasteiger partial charge in [-0.2, -0.15) is 30.3 Å². The van der Waals surface area contributed by atoms with Crippen LogP contribution in [0.1, 0.15) is 116 Å². The van der Waals surface area contributed by atoms with Gasteiger partial charge in [-0.1, -0.05) is 173 Å². The van der Waals surface area contributed by atoms with E-state index < -0.39 is 5.41 Å². The van der Waals surface area contributed by atoms with Crippen LogP contribution in [-0.4, -0.2) is 0 Å². The van der Waals surface area contributed by atoms with Gasteiger partial charge in [0.15, 0.2) is 0 Å². The Morgan fingerprint density at radius 2 is 0.962 bits per heavy atom. The second-order valence-corrected chi connectivity index (χ2v) is 10.3. The van der Waals surface area contributed by atoms with E-state index in [4.69, 9.17) is 0 Å². The van der Waals surface area contributed by atoms with Crippen molar-refractivity contribution < 1.29 is 32.7 Å². The Morgan fingerprint density at radius 3 is 1.52 bits per heavy atom. The zero-order valence-corrected chi connectivity index (χ0v) is 36.8. The largest absolute Gasteiger partial charge is 0.310 e. The molecule has 0 aromatic heterocycles.